The van der Waals surface area contributed by atoms with Gasteiger partial charge in [-0.25, -0.2) is 0 Å². The minimum Gasteiger partial charge on any atom is -0.394 e. The summed E-state index contributed by atoms with van der Waals surface area (Å²) >= 11 is 0. The number of hydrogen-bond acceptors (Lipinski definition) is 18. The third kappa shape index (κ3) is 7.62. The van der Waals surface area contributed by atoms with E-state index in [4.69, 9.17) is 33.2 Å². The molecule has 0 unspecified atom stereocenters. The Morgan fingerprint density at radius 3 is 2.10 bits per heavy atom. The lowest BCUT2D eigenvalue weighted by molar-refractivity contribution is -0.389. The molecular weight excluding hydrogens is 826 g/mol. The molecule has 0 bridgehead atoms. The van der Waals surface area contributed by atoms with Crippen LogP contribution in [0.3, 0.4) is 0 Å². The minimum absolute atomic E-state index is 0.0438. The summed E-state index contributed by atoms with van der Waals surface area (Å²) < 4.78 is 42.7. The highest BCUT2D eigenvalue weighted by atomic mass is 16.8. The molecule has 0 aromatic carbocycles. The Labute approximate surface area is 368 Å². The standard InChI is InChI=1S/C45H73NO17/c1-18-12-29(49)45(46-15-18)19(2)30-26(63-45)14-25-23-7-6-21-13-22(8-10-43(21,4)24(23)9-11-44(25,30)5)58-41-37(56)38(33(52)28(17-48)59-41)61-42-39(35(54)32(51)27(16-47)60-42)62-40-36(55)34(53)31(50)20(3)57-40/h6,18-20,22-42,46-56H,7-17H2,1-5H3/t18-,19-,20+,22-,23-,24-,25-,26-,27+,28+,29-,30-,31-,32-,33-,34+,35+,36-,37-,38-,39+,40-,41-,42+,43-,44+,45-/m1/s1. The van der Waals surface area contributed by atoms with Gasteiger partial charge in [0.2, 0.25) is 0 Å². The van der Waals surface area contributed by atoms with Crippen molar-refractivity contribution in [1.29, 1.82) is 0 Å². The van der Waals surface area contributed by atoms with Crippen molar-refractivity contribution in [2.45, 2.75) is 202 Å². The Morgan fingerprint density at radius 2 is 1.38 bits per heavy atom. The van der Waals surface area contributed by atoms with E-state index >= 15 is 0 Å². The van der Waals surface area contributed by atoms with Gasteiger partial charge in [0.25, 0.3) is 0 Å². The highest BCUT2D eigenvalue weighted by Crippen LogP contribution is 2.70. The molecule has 11 N–H and O–H groups in total. The maximum Gasteiger partial charge on any atom is 0.187 e. The fraction of sp³-hybridized carbons (Fsp3) is 0.956. The van der Waals surface area contributed by atoms with Gasteiger partial charge in [-0.3, -0.25) is 5.32 Å². The fourth-order valence-electron chi connectivity index (χ4n) is 14.3. The molecule has 18 nitrogen and oxygen atoms in total. The maximum absolute atomic E-state index is 11.8. The van der Waals surface area contributed by atoms with Gasteiger partial charge in [-0.05, 0) is 98.7 Å². The molecule has 0 aromatic rings. The molecule has 5 heterocycles. The number of aliphatic hydroxyl groups excluding tert-OH is 10. The highest BCUT2D eigenvalue weighted by Gasteiger charge is 2.70. The normalized spacial score (nSPS) is 58.1. The van der Waals surface area contributed by atoms with Gasteiger partial charge in [-0.2, -0.15) is 0 Å². The Kier molecular flexibility index (Phi) is 13.1. The number of rotatable bonds is 8. The lowest BCUT2D eigenvalue weighted by Crippen LogP contribution is -2.67. The number of aliphatic hydroxyl groups is 10. The molecule has 1 spiro atoms. The van der Waals surface area contributed by atoms with Gasteiger partial charge >= 0.3 is 0 Å². The zero-order chi connectivity index (χ0) is 45.1. The first-order chi connectivity index (χ1) is 29.9. The second-order valence-corrected chi connectivity index (χ2v) is 21.3. The van der Waals surface area contributed by atoms with Crippen LogP contribution in [0, 0.1) is 46.3 Å². The highest BCUT2D eigenvalue weighted by molar-refractivity contribution is 5.27. The number of nitrogens with one attached hydrogen (secondary N) is 1. The summed E-state index contributed by atoms with van der Waals surface area (Å²) in [5, 5.41) is 112. The van der Waals surface area contributed by atoms with E-state index < -0.39 is 117 Å². The molecule has 3 saturated carbocycles. The fourth-order valence-corrected chi connectivity index (χ4v) is 14.3. The molecular formula is C45H73NO17. The number of ether oxygens (including phenoxy) is 7. The molecule has 8 fully saturated rings. The van der Waals surface area contributed by atoms with Crippen LogP contribution in [0.2, 0.25) is 0 Å². The van der Waals surface area contributed by atoms with Crippen molar-refractivity contribution >= 4 is 0 Å². The minimum atomic E-state index is -1.82. The molecule has 5 aliphatic heterocycles. The second kappa shape index (κ2) is 17.5. The third-order valence-corrected chi connectivity index (χ3v) is 17.9. The largest absolute Gasteiger partial charge is 0.394 e. The van der Waals surface area contributed by atoms with E-state index in [-0.39, 0.29) is 29.0 Å². The Morgan fingerprint density at radius 1 is 0.698 bits per heavy atom. The number of fused-ring (bicyclic) bond motifs is 7. The molecule has 360 valence electrons. The van der Waals surface area contributed by atoms with Gasteiger partial charge in [0, 0.05) is 12.5 Å². The van der Waals surface area contributed by atoms with Crippen LogP contribution in [0.5, 0.6) is 0 Å². The summed E-state index contributed by atoms with van der Waals surface area (Å²) in [5.41, 5.74) is 0.720. The molecule has 9 rings (SSSR count). The maximum atomic E-state index is 11.8. The average Bonchev–Trinajstić information content (AvgIpc) is 3.72. The zero-order valence-electron chi connectivity index (χ0n) is 37.0. The van der Waals surface area contributed by atoms with Crippen LogP contribution in [0.4, 0.5) is 0 Å². The lowest BCUT2D eigenvalue weighted by atomic mass is 9.46. The van der Waals surface area contributed by atoms with E-state index in [0.29, 0.717) is 42.4 Å². The number of piperidine rings is 1. The van der Waals surface area contributed by atoms with Crippen LogP contribution in [0.1, 0.15) is 86.0 Å². The molecule has 0 radical (unpaired) electrons. The van der Waals surface area contributed by atoms with Crippen molar-refractivity contribution in [3.8, 4) is 0 Å². The van der Waals surface area contributed by atoms with Crippen LogP contribution in [0.25, 0.3) is 0 Å². The summed E-state index contributed by atoms with van der Waals surface area (Å²) in [6, 6.07) is 0. The molecule has 5 saturated heterocycles. The van der Waals surface area contributed by atoms with Gasteiger partial charge in [0.1, 0.15) is 72.9 Å². The lowest BCUT2D eigenvalue weighted by Gasteiger charge is -2.59. The van der Waals surface area contributed by atoms with Gasteiger partial charge in [0.15, 0.2) is 18.9 Å². The van der Waals surface area contributed by atoms with Crippen LogP contribution in [-0.2, 0) is 33.2 Å². The van der Waals surface area contributed by atoms with Gasteiger partial charge in [-0.15, -0.1) is 0 Å². The predicted molar refractivity (Wildman–Crippen MR) is 218 cm³/mol. The van der Waals surface area contributed by atoms with Crippen molar-refractivity contribution in [3.05, 3.63) is 11.6 Å². The number of allylic oxidation sites excluding steroid dienone is 1. The van der Waals surface area contributed by atoms with Crippen molar-refractivity contribution in [2.75, 3.05) is 19.8 Å². The Hall–Kier alpha value is -0.980. The summed E-state index contributed by atoms with van der Waals surface area (Å²) in [7, 11) is 0. The van der Waals surface area contributed by atoms with Crippen molar-refractivity contribution < 1.29 is 84.2 Å². The second-order valence-electron chi connectivity index (χ2n) is 21.3. The summed E-state index contributed by atoms with van der Waals surface area (Å²) in [4.78, 5) is 0. The predicted octanol–water partition coefficient (Wildman–Crippen LogP) is -1.24. The monoisotopic (exact) mass is 899 g/mol. The zero-order valence-corrected chi connectivity index (χ0v) is 37.0. The molecule has 63 heavy (non-hydrogen) atoms. The van der Waals surface area contributed by atoms with Crippen molar-refractivity contribution in [3.63, 3.8) is 0 Å². The van der Waals surface area contributed by atoms with Crippen molar-refractivity contribution in [1.82, 2.24) is 5.32 Å². The third-order valence-electron chi connectivity index (χ3n) is 17.9. The first-order valence-corrected chi connectivity index (χ1v) is 23.6. The summed E-state index contributed by atoms with van der Waals surface area (Å²) in [5.74, 6) is 2.49. The topological polar surface area (TPSA) is 279 Å². The Bertz CT molecular complexity index is 1660. The SMILES string of the molecule is C[C@H]1CN[C@]2(O[C@@H]3C[C@@H]4[C@@H]5CC=C6C[C@H](O[C@@H]7O[C@@H](CO)[C@@H](O)[C@@H](O[C@@H]8O[C@@H](CO)[C@@H](O)[C@H](O)[C@@H]8O[C@H]8O[C@@H](C)[C@@H](O)[C@H](O)[C@H]8O)[C@H]7O)CC[C@@]6(C)[C@@H]5CC[C@]4(C)[C@@H]3[C@H]2C)[C@H](O)C1. The molecule has 27 atom stereocenters. The van der Waals surface area contributed by atoms with E-state index in [1.54, 1.807) is 0 Å². The quantitative estimate of drug-likeness (QED) is 0.127. The molecule has 0 aromatic heterocycles. The average molecular weight is 900 g/mol. The molecule has 0 amide bonds. The summed E-state index contributed by atoms with van der Waals surface area (Å²) in [6.45, 7) is 10.2. The van der Waals surface area contributed by atoms with Crippen LogP contribution < -0.4 is 5.32 Å². The first-order valence-electron chi connectivity index (χ1n) is 23.6. The van der Waals surface area contributed by atoms with E-state index in [9.17, 15) is 51.1 Å². The molecule has 9 aliphatic rings. The van der Waals surface area contributed by atoms with Crippen molar-refractivity contribution in [2.24, 2.45) is 46.3 Å². The van der Waals surface area contributed by atoms with Gasteiger partial charge in [-0.1, -0.05) is 39.3 Å². The van der Waals surface area contributed by atoms with Crippen LogP contribution in [-0.4, -0.2) is 187 Å². The molecule has 4 aliphatic carbocycles. The number of hydrogen-bond donors (Lipinski definition) is 11. The van der Waals surface area contributed by atoms with E-state index in [1.165, 1.54) is 12.5 Å². The first kappa shape index (κ1) is 47.1. The van der Waals surface area contributed by atoms with E-state index in [2.05, 4.69) is 39.1 Å². The van der Waals surface area contributed by atoms with E-state index in [0.717, 1.165) is 45.1 Å². The van der Waals surface area contributed by atoms with Gasteiger partial charge < -0.3 is 84.2 Å². The van der Waals surface area contributed by atoms with Crippen LogP contribution >= 0.6 is 0 Å². The van der Waals surface area contributed by atoms with Gasteiger partial charge in [0.05, 0.1) is 37.6 Å². The van der Waals surface area contributed by atoms with E-state index in [1.807, 2.05) is 0 Å². The molecule has 18 heteroatoms. The summed E-state index contributed by atoms with van der Waals surface area (Å²) in [6.07, 6.45) is -14.7. The van der Waals surface area contributed by atoms with Crippen LogP contribution in [0.15, 0.2) is 11.6 Å². The smallest absolute Gasteiger partial charge is 0.187 e. The Balaban J connectivity index is 0.879.